The summed E-state index contributed by atoms with van der Waals surface area (Å²) in [7, 11) is 0. The van der Waals surface area contributed by atoms with Gasteiger partial charge >= 0.3 is 0 Å². The molecule has 1 heteroatoms. The molecule has 0 aromatic carbocycles. The van der Waals surface area contributed by atoms with Gasteiger partial charge in [-0.1, -0.05) is 5.57 Å². The van der Waals surface area contributed by atoms with Crippen molar-refractivity contribution in [3.05, 3.63) is 11.6 Å². The molecule has 0 aliphatic rings. The van der Waals surface area contributed by atoms with Crippen molar-refractivity contribution in [2.45, 2.75) is 13.8 Å². The SMILES string of the molecule is [2H]C(C=O)=C(C)C. The first-order valence-corrected chi connectivity index (χ1v) is 1.77. The average Bonchev–Trinajstić information content (AvgIpc) is 1.65. The molecular weight excluding hydrogens is 76.1 g/mol. The summed E-state index contributed by atoms with van der Waals surface area (Å²) < 4.78 is 6.79. The number of rotatable bonds is 1. The molecule has 0 saturated carbocycles. The van der Waals surface area contributed by atoms with E-state index in [1.807, 2.05) is 0 Å². The first-order valence-electron chi connectivity index (χ1n) is 2.27. The van der Waals surface area contributed by atoms with Gasteiger partial charge in [0.05, 0.1) is 1.37 Å². The molecule has 0 unspecified atom stereocenters. The zero-order valence-electron chi connectivity index (χ0n) is 4.99. The third-order valence-electron chi connectivity index (χ3n) is 0.348. The standard InChI is InChI=1S/C5H8O/c1-5(2)3-4-6/h3-4H,1-2H3/i3D. The molecule has 0 amide bonds. The molecule has 0 aliphatic carbocycles. The van der Waals surface area contributed by atoms with Crippen LogP contribution in [0.4, 0.5) is 0 Å². The van der Waals surface area contributed by atoms with Crippen molar-refractivity contribution in [1.29, 1.82) is 0 Å². The van der Waals surface area contributed by atoms with Crippen molar-refractivity contribution < 1.29 is 6.17 Å². The van der Waals surface area contributed by atoms with E-state index in [-0.39, 0.29) is 6.05 Å². The third-order valence-corrected chi connectivity index (χ3v) is 0.348. The molecule has 0 aromatic heterocycles. The first kappa shape index (κ1) is 3.59. The maximum Gasteiger partial charge on any atom is 0.142 e. The van der Waals surface area contributed by atoms with Crippen molar-refractivity contribution in [2.75, 3.05) is 0 Å². The van der Waals surface area contributed by atoms with Crippen molar-refractivity contribution >= 4 is 6.29 Å². The van der Waals surface area contributed by atoms with E-state index in [4.69, 9.17) is 1.37 Å². The Morgan fingerprint density at radius 2 is 2.33 bits per heavy atom. The van der Waals surface area contributed by atoms with E-state index in [0.29, 0.717) is 6.29 Å². The highest BCUT2D eigenvalue weighted by Gasteiger charge is 1.66. The van der Waals surface area contributed by atoms with Crippen LogP contribution in [-0.2, 0) is 4.79 Å². The van der Waals surface area contributed by atoms with Crippen LogP contribution in [0.5, 0.6) is 0 Å². The molecule has 0 saturated heterocycles. The molecule has 34 valence electrons. The zero-order valence-corrected chi connectivity index (χ0v) is 3.99. The topological polar surface area (TPSA) is 17.1 Å². The van der Waals surface area contributed by atoms with Gasteiger partial charge in [0.25, 0.3) is 0 Å². The predicted octanol–water partition coefficient (Wildman–Crippen LogP) is 1.15. The summed E-state index contributed by atoms with van der Waals surface area (Å²) in [6, 6.07) is 0.0833. The molecule has 0 radical (unpaired) electrons. The van der Waals surface area contributed by atoms with Crippen molar-refractivity contribution in [3.63, 3.8) is 0 Å². The molecule has 0 N–H and O–H groups in total. The van der Waals surface area contributed by atoms with Crippen LogP contribution in [0.1, 0.15) is 15.2 Å². The second kappa shape index (κ2) is 2.64. The number of hydrogen-bond donors (Lipinski definition) is 0. The average molecular weight is 85.1 g/mol. The lowest BCUT2D eigenvalue weighted by Gasteiger charge is -1.73. The van der Waals surface area contributed by atoms with Gasteiger partial charge in [-0.2, -0.15) is 0 Å². The van der Waals surface area contributed by atoms with Gasteiger partial charge in [0.2, 0.25) is 0 Å². The van der Waals surface area contributed by atoms with Gasteiger partial charge in [-0.15, -0.1) is 0 Å². The van der Waals surface area contributed by atoms with Crippen LogP contribution in [0.25, 0.3) is 0 Å². The monoisotopic (exact) mass is 85.1 g/mol. The van der Waals surface area contributed by atoms with Gasteiger partial charge in [0, 0.05) is 0 Å². The number of hydrogen-bond acceptors (Lipinski definition) is 1. The molecule has 0 heterocycles. The smallest absolute Gasteiger partial charge is 0.142 e. The summed E-state index contributed by atoms with van der Waals surface area (Å²) in [5.41, 5.74) is 0.759. The maximum atomic E-state index is 9.70. The van der Waals surface area contributed by atoms with E-state index in [0.717, 1.165) is 5.57 Å². The number of allylic oxidation sites excluding steroid dienone is 2. The van der Waals surface area contributed by atoms with E-state index in [1.54, 1.807) is 13.8 Å². The van der Waals surface area contributed by atoms with Crippen LogP contribution in [0.3, 0.4) is 0 Å². The summed E-state index contributed by atoms with van der Waals surface area (Å²) in [6.07, 6.45) is 0.537. The summed E-state index contributed by atoms with van der Waals surface area (Å²) in [5, 5.41) is 0. The fourth-order valence-corrected chi connectivity index (χ4v) is 0.118. The molecule has 0 spiro atoms. The fourth-order valence-electron chi connectivity index (χ4n) is 0.118. The van der Waals surface area contributed by atoms with Crippen molar-refractivity contribution in [1.82, 2.24) is 0 Å². The summed E-state index contributed by atoms with van der Waals surface area (Å²) in [5.74, 6) is 0. The second-order valence-corrected chi connectivity index (χ2v) is 1.26. The van der Waals surface area contributed by atoms with Crippen molar-refractivity contribution in [3.8, 4) is 0 Å². The molecular formula is C5H8O. The van der Waals surface area contributed by atoms with E-state index in [2.05, 4.69) is 0 Å². The Labute approximate surface area is 39.1 Å². The van der Waals surface area contributed by atoms with E-state index < -0.39 is 0 Å². The van der Waals surface area contributed by atoms with Gasteiger partial charge in [-0.25, -0.2) is 0 Å². The van der Waals surface area contributed by atoms with Crippen LogP contribution in [-0.4, -0.2) is 6.29 Å². The molecule has 0 fully saturated rings. The predicted molar refractivity (Wildman–Crippen MR) is 25.5 cm³/mol. The van der Waals surface area contributed by atoms with Gasteiger partial charge in [0.1, 0.15) is 6.29 Å². The highest BCUT2D eigenvalue weighted by molar-refractivity contribution is 5.65. The largest absolute Gasteiger partial charge is 0.299 e. The Bertz CT molecular complexity index is 101. The Morgan fingerprint density at radius 1 is 1.83 bits per heavy atom. The number of aldehydes is 1. The van der Waals surface area contributed by atoms with E-state index in [9.17, 15) is 4.79 Å². The Hall–Kier alpha value is -0.590. The van der Waals surface area contributed by atoms with E-state index >= 15 is 0 Å². The molecule has 0 aromatic rings. The highest BCUT2D eigenvalue weighted by atomic mass is 16.1. The van der Waals surface area contributed by atoms with Crippen LogP contribution in [0.2, 0.25) is 0 Å². The first-order chi connectivity index (χ1) is 3.18. The van der Waals surface area contributed by atoms with Gasteiger partial charge in [0.15, 0.2) is 0 Å². The lowest BCUT2D eigenvalue weighted by Crippen LogP contribution is -1.62. The molecule has 1 nitrogen and oxygen atoms in total. The lowest BCUT2D eigenvalue weighted by atomic mass is 10.3. The second-order valence-electron chi connectivity index (χ2n) is 1.26. The fraction of sp³-hybridized carbons (Fsp3) is 0.400. The normalized spacial score (nSPS) is 9.33. The Balaban J connectivity index is 3.98. The van der Waals surface area contributed by atoms with Crippen LogP contribution < -0.4 is 0 Å². The van der Waals surface area contributed by atoms with Gasteiger partial charge in [-0.05, 0) is 19.9 Å². The quantitative estimate of drug-likeness (QED) is 0.345. The summed E-state index contributed by atoms with van der Waals surface area (Å²) in [6.45, 7) is 3.47. The zero-order chi connectivity index (χ0) is 5.86. The minimum atomic E-state index is 0.0833. The summed E-state index contributed by atoms with van der Waals surface area (Å²) >= 11 is 0. The molecule has 0 rings (SSSR count). The van der Waals surface area contributed by atoms with Gasteiger partial charge in [-0.3, -0.25) is 4.79 Å². The summed E-state index contributed by atoms with van der Waals surface area (Å²) in [4.78, 5) is 9.70. The van der Waals surface area contributed by atoms with E-state index in [1.165, 1.54) is 0 Å². The van der Waals surface area contributed by atoms with Crippen LogP contribution in [0.15, 0.2) is 11.6 Å². The third kappa shape index (κ3) is 3.41. The Morgan fingerprint density at radius 3 is 2.33 bits per heavy atom. The Kier molecular flexibility index (Phi) is 1.58. The van der Waals surface area contributed by atoms with Crippen LogP contribution in [0, 0.1) is 0 Å². The molecule has 6 heavy (non-hydrogen) atoms. The number of carbonyl (C=O) groups excluding carboxylic acids is 1. The molecule has 0 bridgehead atoms. The van der Waals surface area contributed by atoms with Crippen molar-refractivity contribution in [2.24, 2.45) is 0 Å². The molecule has 0 atom stereocenters. The minimum Gasteiger partial charge on any atom is -0.299 e. The molecule has 0 aliphatic heterocycles. The van der Waals surface area contributed by atoms with Gasteiger partial charge < -0.3 is 0 Å². The highest BCUT2D eigenvalue weighted by Crippen LogP contribution is 1.81. The lowest BCUT2D eigenvalue weighted by molar-refractivity contribution is -0.104. The number of carbonyl (C=O) groups is 1. The minimum absolute atomic E-state index is 0.0833. The maximum absolute atomic E-state index is 9.70. The van der Waals surface area contributed by atoms with Crippen LogP contribution >= 0.6 is 0 Å².